The average molecular weight is 351 g/mol. The van der Waals surface area contributed by atoms with E-state index >= 15 is 0 Å². The van der Waals surface area contributed by atoms with Gasteiger partial charge in [-0.1, -0.05) is 23.7 Å². The highest BCUT2D eigenvalue weighted by Gasteiger charge is 2.43. The Morgan fingerprint density at radius 1 is 1.25 bits per heavy atom. The van der Waals surface area contributed by atoms with E-state index in [1.807, 2.05) is 29.2 Å². The van der Waals surface area contributed by atoms with E-state index in [-0.39, 0.29) is 18.1 Å². The first kappa shape index (κ1) is 16.1. The van der Waals surface area contributed by atoms with Crippen LogP contribution in [0.4, 0.5) is 0 Å². The number of carbonyl (C=O) groups is 1. The van der Waals surface area contributed by atoms with Crippen LogP contribution < -0.4 is 20.9 Å². The van der Waals surface area contributed by atoms with Gasteiger partial charge in [-0.15, -0.1) is 0 Å². The minimum Gasteiger partial charge on any atom is -0.487 e. The van der Waals surface area contributed by atoms with Crippen molar-refractivity contribution in [2.45, 2.75) is 31.0 Å². The Morgan fingerprint density at radius 3 is 3.00 bits per heavy atom. The molecule has 6 nitrogen and oxygen atoms in total. The minimum absolute atomic E-state index is 0.00323. The van der Waals surface area contributed by atoms with Gasteiger partial charge >= 0.3 is 0 Å². The standard InChI is InChI=1S/C17H23ClN4O2/c18-13-3-1-2-4-15(13)24-11-6-8-22(10-11)17(23)16-12-9-19-7-5-14(12)20-21-16/h1-4,11-12,14,16,19-21H,5-10H2. The van der Waals surface area contributed by atoms with Gasteiger partial charge in [0.15, 0.2) is 0 Å². The van der Waals surface area contributed by atoms with Gasteiger partial charge in [-0.25, -0.2) is 5.43 Å². The molecule has 3 heterocycles. The summed E-state index contributed by atoms with van der Waals surface area (Å²) in [5.41, 5.74) is 6.49. The van der Waals surface area contributed by atoms with Crippen LogP contribution in [0.15, 0.2) is 24.3 Å². The minimum atomic E-state index is -0.151. The summed E-state index contributed by atoms with van der Waals surface area (Å²) in [7, 11) is 0. The number of para-hydroxylation sites is 1. The second kappa shape index (κ2) is 6.88. The molecule has 0 saturated carbocycles. The second-order valence-corrected chi connectivity index (χ2v) is 7.18. The topological polar surface area (TPSA) is 65.6 Å². The summed E-state index contributed by atoms with van der Waals surface area (Å²) in [4.78, 5) is 14.8. The highest BCUT2D eigenvalue weighted by Crippen LogP contribution is 2.28. The number of nitrogens with zero attached hydrogens (tertiary/aromatic N) is 1. The Morgan fingerprint density at radius 2 is 2.12 bits per heavy atom. The van der Waals surface area contributed by atoms with Crippen molar-refractivity contribution in [2.75, 3.05) is 26.2 Å². The summed E-state index contributed by atoms with van der Waals surface area (Å²) in [6, 6.07) is 7.71. The molecule has 0 bridgehead atoms. The van der Waals surface area contributed by atoms with E-state index in [0.717, 1.165) is 32.5 Å². The lowest BCUT2D eigenvalue weighted by Gasteiger charge is -2.29. The van der Waals surface area contributed by atoms with Crippen LogP contribution >= 0.6 is 11.6 Å². The Hall–Kier alpha value is -1.34. The van der Waals surface area contributed by atoms with Crippen molar-refractivity contribution in [3.8, 4) is 5.75 Å². The van der Waals surface area contributed by atoms with Crippen LogP contribution in [0.25, 0.3) is 0 Å². The fourth-order valence-corrected chi connectivity index (χ4v) is 4.08. The zero-order valence-corrected chi connectivity index (χ0v) is 14.3. The summed E-state index contributed by atoms with van der Waals surface area (Å²) in [6.07, 6.45) is 1.90. The molecule has 0 aliphatic carbocycles. The van der Waals surface area contributed by atoms with Crippen LogP contribution in [0, 0.1) is 5.92 Å². The first-order valence-corrected chi connectivity index (χ1v) is 9.02. The molecule has 0 aromatic heterocycles. The van der Waals surface area contributed by atoms with Crippen molar-refractivity contribution in [1.29, 1.82) is 0 Å². The molecule has 4 rings (SSSR count). The molecule has 1 amide bonds. The molecule has 7 heteroatoms. The lowest BCUT2D eigenvalue weighted by Crippen LogP contribution is -2.50. The van der Waals surface area contributed by atoms with Crippen LogP contribution in [0.2, 0.25) is 5.02 Å². The predicted molar refractivity (Wildman–Crippen MR) is 91.9 cm³/mol. The molecule has 4 unspecified atom stereocenters. The normalized spacial score (nSPS) is 32.6. The lowest BCUT2D eigenvalue weighted by atomic mass is 9.89. The van der Waals surface area contributed by atoms with E-state index in [2.05, 4.69) is 16.2 Å². The van der Waals surface area contributed by atoms with Crippen LogP contribution in [0.3, 0.4) is 0 Å². The number of fused-ring (bicyclic) bond motifs is 1. The van der Waals surface area contributed by atoms with Crippen molar-refractivity contribution < 1.29 is 9.53 Å². The van der Waals surface area contributed by atoms with Crippen molar-refractivity contribution >= 4 is 17.5 Å². The zero-order chi connectivity index (χ0) is 16.5. The number of hydrogen-bond acceptors (Lipinski definition) is 5. The highest BCUT2D eigenvalue weighted by atomic mass is 35.5. The second-order valence-electron chi connectivity index (χ2n) is 6.77. The quantitative estimate of drug-likeness (QED) is 0.751. The van der Waals surface area contributed by atoms with E-state index in [0.29, 0.717) is 29.3 Å². The number of rotatable bonds is 3. The molecular weight excluding hydrogens is 328 g/mol. The Labute approximate surface area is 146 Å². The fraction of sp³-hybridized carbons (Fsp3) is 0.588. The highest BCUT2D eigenvalue weighted by molar-refractivity contribution is 6.32. The smallest absolute Gasteiger partial charge is 0.241 e. The van der Waals surface area contributed by atoms with Gasteiger partial charge in [0.05, 0.1) is 11.6 Å². The Balaban J connectivity index is 1.36. The van der Waals surface area contributed by atoms with Crippen LogP contribution in [-0.4, -0.2) is 55.2 Å². The maximum atomic E-state index is 12.9. The van der Waals surface area contributed by atoms with Crippen molar-refractivity contribution in [3.63, 3.8) is 0 Å². The van der Waals surface area contributed by atoms with E-state index in [1.165, 1.54) is 0 Å². The third kappa shape index (κ3) is 3.11. The molecular formula is C17H23ClN4O2. The maximum absolute atomic E-state index is 12.9. The van der Waals surface area contributed by atoms with Gasteiger partial charge in [-0.3, -0.25) is 10.2 Å². The first-order chi connectivity index (χ1) is 11.7. The van der Waals surface area contributed by atoms with Gasteiger partial charge < -0.3 is 15.0 Å². The molecule has 3 aliphatic rings. The number of likely N-dealkylation sites (tertiary alicyclic amines) is 1. The number of nitrogens with one attached hydrogen (secondary N) is 3. The molecule has 3 N–H and O–H groups in total. The van der Waals surface area contributed by atoms with E-state index in [9.17, 15) is 4.79 Å². The zero-order valence-electron chi connectivity index (χ0n) is 13.5. The Bertz CT molecular complexity index is 614. The summed E-state index contributed by atoms with van der Waals surface area (Å²) in [6.45, 7) is 3.24. The molecule has 0 spiro atoms. The number of hydrogen-bond donors (Lipinski definition) is 3. The van der Waals surface area contributed by atoms with Gasteiger partial charge in [-0.2, -0.15) is 0 Å². The number of carbonyl (C=O) groups excluding carboxylic acids is 1. The van der Waals surface area contributed by atoms with Gasteiger partial charge in [-0.05, 0) is 25.1 Å². The number of ether oxygens (including phenoxy) is 1. The third-order valence-electron chi connectivity index (χ3n) is 5.23. The number of piperidine rings is 1. The van der Waals surface area contributed by atoms with E-state index < -0.39 is 0 Å². The van der Waals surface area contributed by atoms with E-state index in [1.54, 1.807) is 0 Å². The van der Waals surface area contributed by atoms with Gasteiger partial charge in [0.25, 0.3) is 0 Å². The van der Waals surface area contributed by atoms with Gasteiger partial charge in [0.1, 0.15) is 17.9 Å². The summed E-state index contributed by atoms with van der Waals surface area (Å²) >= 11 is 6.15. The van der Waals surface area contributed by atoms with Crippen LogP contribution in [0.1, 0.15) is 12.8 Å². The van der Waals surface area contributed by atoms with Crippen molar-refractivity contribution in [2.24, 2.45) is 5.92 Å². The molecule has 3 saturated heterocycles. The van der Waals surface area contributed by atoms with Crippen molar-refractivity contribution in [1.82, 2.24) is 21.1 Å². The van der Waals surface area contributed by atoms with Crippen LogP contribution in [0.5, 0.6) is 5.75 Å². The number of benzene rings is 1. The van der Waals surface area contributed by atoms with Crippen molar-refractivity contribution in [3.05, 3.63) is 29.3 Å². The largest absolute Gasteiger partial charge is 0.487 e. The summed E-state index contributed by atoms with van der Waals surface area (Å²) in [5.74, 6) is 1.18. The maximum Gasteiger partial charge on any atom is 0.241 e. The Kier molecular flexibility index (Phi) is 4.63. The van der Waals surface area contributed by atoms with E-state index in [4.69, 9.17) is 16.3 Å². The molecule has 4 atom stereocenters. The summed E-state index contributed by atoms with van der Waals surface area (Å²) in [5, 5.41) is 4.00. The van der Waals surface area contributed by atoms with Crippen LogP contribution in [-0.2, 0) is 4.79 Å². The number of halogens is 1. The molecule has 1 aromatic rings. The molecule has 3 fully saturated rings. The molecule has 130 valence electrons. The predicted octanol–water partition coefficient (Wildman–Crippen LogP) is 0.774. The molecule has 3 aliphatic heterocycles. The average Bonchev–Trinajstić information content (AvgIpc) is 3.23. The molecule has 24 heavy (non-hydrogen) atoms. The number of hydrazine groups is 1. The SMILES string of the molecule is O=C(C1NNC2CCNCC21)N1CCC(Oc2ccccc2Cl)C1. The molecule has 1 aromatic carbocycles. The monoisotopic (exact) mass is 350 g/mol. The fourth-order valence-electron chi connectivity index (χ4n) is 3.90. The first-order valence-electron chi connectivity index (χ1n) is 8.64. The number of amides is 1. The lowest BCUT2D eigenvalue weighted by molar-refractivity contribution is -0.133. The summed E-state index contributed by atoms with van der Waals surface area (Å²) < 4.78 is 5.98. The van der Waals surface area contributed by atoms with Gasteiger partial charge in [0, 0.05) is 31.5 Å². The van der Waals surface area contributed by atoms with Gasteiger partial charge in [0.2, 0.25) is 5.91 Å². The molecule has 0 radical (unpaired) electrons. The third-order valence-corrected chi connectivity index (χ3v) is 5.55.